The Morgan fingerprint density at radius 2 is 0.794 bits per heavy atom. The SMILES string of the molecule is c1ccc(CNCCNCCNCCNCCN(Cc2ccccc2)Cc2ccccc2)cc1. The van der Waals surface area contributed by atoms with Gasteiger partial charge in [-0.2, -0.15) is 0 Å². The quantitative estimate of drug-likeness (QED) is 0.220. The minimum atomic E-state index is 0.931. The Morgan fingerprint density at radius 3 is 1.26 bits per heavy atom. The van der Waals surface area contributed by atoms with Crippen LogP contribution in [-0.4, -0.2) is 57.3 Å². The van der Waals surface area contributed by atoms with Gasteiger partial charge >= 0.3 is 0 Å². The van der Waals surface area contributed by atoms with Gasteiger partial charge in [-0.3, -0.25) is 4.90 Å². The Hall–Kier alpha value is -2.54. The summed E-state index contributed by atoms with van der Waals surface area (Å²) >= 11 is 0. The van der Waals surface area contributed by atoms with Crippen molar-refractivity contribution >= 4 is 0 Å². The van der Waals surface area contributed by atoms with E-state index >= 15 is 0 Å². The van der Waals surface area contributed by atoms with E-state index in [1.54, 1.807) is 0 Å². The highest BCUT2D eigenvalue weighted by atomic mass is 15.1. The number of rotatable bonds is 18. The van der Waals surface area contributed by atoms with Crippen LogP contribution in [0.2, 0.25) is 0 Å². The molecule has 0 bridgehead atoms. The first kappa shape index (κ1) is 26.1. The third-order valence-corrected chi connectivity index (χ3v) is 5.71. The lowest BCUT2D eigenvalue weighted by Crippen LogP contribution is -2.37. The summed E-state index contributed by atoms with van der Waals surface area (Å²) in [6.45, 7) is 10.8. The van der Waals surface area contributed by atoms with Gasteiger partial charge < -0.3 is 21.3 Å². The molecule has 0 aliphatic carbocycles. The molecule has 0 unspecified atom stereocenters. The molecule has 0 amide bonds. The summed E-state index contributed by atoms with van der Waals surface area (Å²) in [7, 11) is 0. The van der Waals surface area contributed by atoms with Crippen molar-refractivity contribution in [1.82, 2.24) is 26.2 Å². The standard InChI is InChI=1S/C29H41N5/c1-4-10-27(11-5-1)24-33-21-20-31-17-16-30-18-19-32-22-23-34(25-28-12-6-2-7-13-28)26-29-14-8-3-9-15-29/h1-15,30-33H,16-26H2. The fraction of sp³-hybridized carbons (Fsp3) is 0.379. The molecule has 0 atom stereocenters. The van der Waals surface area contributed by atoms with Gasteiger partial charge in [0.1, 0.15) is 0 Å². The molecule has 0 aromatic heterocycles. The molecule has 3 aromatic rings. The molecule has 3 rings (SSSR count). The van der Waals surface area contributed by atoms with E-state index in [0.29, 0.717) is 0 Å². The van der Waals surface area contributed by atoms with Crippen molar-refractivity contribution in [3.05, 3.63) is 108 Å². The van der Waals surface area contributed by atoms with Crippen LogP contribution in [0.3, 0.4) is 0 Å². The summed E-state index contributed by atoms with van der Waals surface area (Å²) in [5, 5.41) is 14.1. The van der Waals surface area contributed by atoms with Crippen molar-refractivity contribution in [3.63, 3.8) is 0 Å². The lowest BCUT2D eigenvalue weighted by atomic mass is 10.1. The second-order valence-corrected chi connectivity index (χ2v) is 8.59. The van der Waals surface area contributed by atoms with Crippen molar-refractivity contribution in [2.75, 3.05) is 52.4 Å². The van der Waals surface area contributed by atoms with E-state index in [9.17, 15) is 0 Å². The molecule has 5 nitrogen and oxygen atoms in total. The Bertz CT molecular complexity index is 816. The number of hydrogen-bond donors (Lipinski definition) is 4. The number of nitrogens with zero attached hydrogens (tertiary/aromatic N) is 1. The van der Waals surface area contributed by atoms with E-state index in [1.165, 1.54) is 16.7 Å². The monoisotopic (exact) mass is 459 g/mol. The Balaban J connectivity index is 1.19. The Kier molecular flexibility index (Phi) is 13.0. The highest BCUT2D eigenvalue weighted by Crippen LogP contribution is 2.09. The van der Waals surface area contributed by atoms with E-state index in [1.807, 2.05) is 0 Å². The first-order chi connectivity index (χ1) is 16.9. The van der Waals surface area contributed by atoms with Crippen molar-refractivity contribution in [3.8, 4) is 0 Å². The molecule has 182 valence electrons. The van der Waals surface area contributed by atoms with E-state index in [4.69, 9.17) is 0 Å². The van der Waals surface area contributed by atoms with Crippen LogP contribution in [0, 0.1) is 0 Å². The van der Waals surface area contributed by atoms with Crippen molar-refractivity contribution in [1.29, 1.82) is 0 Å². The first-order valence-electron chi connectivity index (χ1n) is 12.6. The topological polar surface area (TPSA) is 51.4 Å². The van der Waals surface area contributed by atoms with Crippen LogP contribution >= 0.6 is 0 Å². The van der Waals surface area contributed by atoms with Gasteiger partial charge in [-0.15, -0.1) is 0 Å². The van der Waals surface area contributed by atoms with E-state index < -0.39 is 0 Å². The Morgan fingerprint density at radius 1 is 0.412 bits per heavy atom. The average Bonchev–Trinajstić information content (AvgIpc) is 2.88. The third-order valence-electron chi connectivity index (χ3n) is 5.71. The van der Waals surface area contributed by atoms with Crippen LogP contribution in [0.15, 0.2) is 91.0 Å². The van der Waals surface area contributed by atoms with Gasteiger partial charge in [0.2, 0.25) is 0 Å². The molecule has 0 spiro atoms. The van der Waals surface area contributed by atoms with Gasteiger partial charge in [-0.05, 0) is 16.7 Å². The third kappa shape index (κ3) is 11.5. The second kappa shape index (κ2) is 17.0. The van der Waals surface area contributed by atoms with Crippen LogP contribution in [0.1, 0.15) is 16.7 Å². The fourth-order valence-corrected chi connectivity index (χ4v) is 3.87. The van der Waals surface area contributed by atoms with E-state index in [2.05, 4.69) is 117 Å². The summed E-state index contributed by atoms with van der Waals surface area (Å²) < 4.78 is 0. The second-order valence-electron chi connectivity index (χ2n) is 8.59. The van der Waals surface area contributed by atoms with Gasteiger partial charge in [0.15, 0.2) is 0 Å². The highest BCUT2D eigenvalue weighted by Gasteiger charge is 2.07. The normalized spacial score (nSPS) is 11.2. The minimum absolute atomic E-state index is 0.931. The molecule has 0 aliphatic rings. The average molecular weight is 460 g/mol. The molecule has 34 heavy (non-hydrogen) atoms. The predicted octanol–water partition coefficient (Wildman–Crippen LogP) is 3.25. The van der Waals surface area contributed by atoms with Gasteiger partial charge in [0.25, 0.3) is 0 Å². The van der Waals surface area contributed by atoms with Crippen LogP contribution < -0.4 is 21.3 Å². The Labute approximate surface area is 206 Å². The van der Waals surface area contributed by atoms with Crippen LogP contribution in [0.5, 0.6) is 0 Å². The highest BCUT2D eigenvalue weighted by molar-refractivity contribution is 5.17. The zero-order valence-corrected chi connectivity index (χ0v) is 20.4. The molecule has 0 radical (unpaired) electrons. The smallest absolute Gasteiger partial charge is 0.0237 e. The number of hydrogen-bond acceptors (Lipinski definition) is 5. The molecule has 3 aromatic carbocycles. The van der Waals surface area contributed by atoms with Gasteiger partial charge in [-0.25, -0.2) is 0 Å². The van der Waals surface area contributed by atoms with E-state index in [-0.39, 0.29) is 0 Å². The molecule has 4 N–H and O–H groups in total. The lowest BCUT2D eigenvalue weighted by molar-refractivity contribution is 0.256. The number of benzene rings is 3. The molecule has 5 heteroatoms. The molecule has 0 heterocycles. The maximum Gasteiger partial charge on any atom is 0.0237 e. The largest absolute Gasteiger partial charge is 0.314 e. The number of nitrogens with one attached hydrogen (secondary N) is 4. The van der Waals surface area contributed by atoms with Crippen molar-refractivity contribution in [2.24, 2.45) is 0 Å². The summed E-state index contributed by atoms with van der Waals surface area (Å²) in [5.41, 5.74) is 4.06. The van der Waals surface area contributed by atoms with E-state index in [0.717, 1.165) is 72.0 Å². The van der Waals surface area contributed by atoms with Crippen molar-refractivity contribution in [2.45, 2.75) is 19.6 Å². The zero-order valence-electron chi connectivity index (χ0n) is 20.4. The summed E-state index contributed by atoms with van der Waals surface area (Å²) in [5.74, 6) is 0. The lowest BCUT2D eigenvalue weighted by Gasteiger charge is -2.23. The molecule has 0 aliphatic heterocycles. The maximum atomic E-state index is 3.59. The molecule has 0 saturated carbocycles. The zero-order chi connectivity index (χ0) is 23.5. The minimum Gasteiger partial charge on any atom is -0.314 e. The van der Waals surface area contributed by atoms with Crippen LogP contribution in [-0.2, 0) is 19.6 Å². The van der Waals surface area contributed by atoms with Gasteiger partial charge in [0.05, 0.1) is 0 Å². The summed E-state index contributed by atoms with van der Waals surface area (Å²) in [4.78, 5) is 2.51. The van der Waals surface area contributed by atoms with Crippen LogP contribution in [0.4, 0.5) is 0 Å². The maximum absolute atomic E-state index is 3.59. The van der Waals surface area contributed by atoms with Gasteiger partial charge in [0, 0.05) is 72.0 Å². The summed E-state index contributed by atoms with van der Waals surface area (Å²) in [6, 6.07) is 32.0. The molecule has 0 saturated heterocycles. The molecular weight excluding hydrogens is 418 g/mol. The van der Waals surface area contributed by atoms with Crippen molar-refractivity contribution < 1.29 is 0 Å². The first-order valence-corrected chi connectivity index (χ1v) is 12.6. The fourth-order valence-electron chi connectivity index (χ4n) is 3.87. The van der Waals surface area contributed by atoms with Gasteiger partial charge in [-0.1, -0.05) is 91.0 Å². The predicted molar refractivity (Wildman–Crippen MR) is 144 cm³/mol. The van der Waals surface area contributed by atoms with Crippen LogP contribution in [0.25, 0.3) is 0 Å². The summed E-state index contributed by atoms with van der Waals surface area (Å²) in [6.07, 6.45) is 0. The molecular formula is C29H41N5. The molecule has 0 fully saturated rings.